The molecule has 1 aromatic carbocycles. The van der Waals surface area contributed by atoms with E-state index < -0.39 is 5.97 Å². The molecule has 3 amide bonds. The van der Waals surface area contributed by atoms with Crippen LogP contribution in [0.3, 0.4) is 0 Å². The van der Waals surface area contributed by atoms with Crippen molar-refractivity contribution in [2.45, 2.75) is 44.6 Å². The number of carboxylic acids is 1. The first-order valence-electron chi connectivity index (χ1n) is 9.49. The average molecular weight is 375 g/mol. The third-order valence-electron chi connectivity index (χ3n) is 5.05. The number of likely N-dealkylation sites (tertiary alicyclic amines) is 1. The molecule has 7 nitrogen and oxygen atoms in total. The SMILES string of the molecule is CCC(C(=O)N1CCC(NC(=O)N(C)CCC(=O)O)CC1)c1ccccc1. The van der Waals surface area contributed by atoms with Crippen LogP contribution in [0.4, 0.5) is 4.79 Å². The van der Waals surface area contributed by atoms with Gasteiger partial charge in [-0.3, -0.25) is 9.59 Å². The highest BCUT2D eigenvalue weighted by Gasteiger charge is 2.29. The van der Waals surface area contributed by atoms with Crippen molar-refractivity contribution in [2.75, 3.05) is 26.7 Å². The number of aliphatic carboxylic acids is 1. The van der Waals surface area contributed by atoms with Crippen LogP contribution in [0.2, 0.25) is 0 Å². The third kappa shape index (κ3) is 5.98. The minimum absolute atomic E-state index is 0.00521. The van der Waals surface area contributed by atoms with Crippen LogP contribution < -0.4 is 5.32 Å². The lowest BCUT2D eigenvalue weighted by atomic mass is 9.93. The van der Waals surface area contributed by atoms with Gasteiger partial charge in [0.2, 0.25) is 5.91 Å². The van der Waals surface area contributed by atoms with Gasteiger partial charge in [-0.15, -0.1) is 0 Å². The molecule has 27 heavy (non-hydrogen) atoms. The Morgan fingerprint density at radius 2 is 1.85 bits per heavy atom. The van der Waals surface area contributed by atoms with Crippen LogP contribution >= 0.6 is 0 Å². The standard InChI is InChI=1S/C20H29N3O4/c1-3-17(15-7-5-4-6-8-15)19(26)23-13-9-16(10-14-23)21-20(27)22(2)12-11-18(24)25/h4-8,16-17H,3,9-14H2,1-2H3,(H,21,27)(H,24,25). The van der Waals surface area contributed by atoms with Gasteiger partial charge in [0.25, 0.3) is 0 Å². The van der Waals surface area contributed by atoms with Crippen molar-refractivity contribution >= 4 is 17.9 Å². The molecule has 1 saturated heterocycles. The molecule has 0 aliphatic carbocycles. The number of urea groups is 1. The Bertz CT molecular complexity index is 642. The molecular weight excluding hydrogens is 346 g/mol. The van der Waals surface area contributed by atoms with E-state index in [9.17, 15) is 14.4 Å². The minimum Gasteiger partial charge on any atom is -0.481 e. The summed E-state index contributed by atoms with van der Waals surface area (Å²) in [4.78, 5) is 38.9. The molecule has 1 aliphatic rings. The van der Waals surface area contributed by atoms with Gasteiger partial charge in [0, 0.05) is 32.7 Å². The van der Waals surface area contributed by atoms with Gasteiger partial charge >= 0.3 is 12.0 Å². The Hall–Kier alpha value is -2.57. The van der Waals surface area contributed by atoms with E-state index in [4.69, 9.17) is 5.11 Å². The summed E-state index contributed by atoms with van der Waals surface area (Å²) in [6, 6.07) is 9.57. The summed E-state index contributed by atoms with van der Waals surface area (Å²) in [7, 11) is 1.59. The molecule has 2 rings (SSSR count). The third-order valence-corrected chi connectivity index (χ3v) is 5.05. The van der Waals surface area contributed by atoms with Crippen molar-refractivity contribution in [2.24, 2.45) is 0 Å². The molecule has 148 valence electrons. The summed E-state index contributed by atoms with van der Waals surface area (Å²) >= 11 is 0. The fraction of sp³-hybridized carbons (Fsp3) is 0.550. The first kappa shape index (κ1) is 20.7. The van der Waals surface area contributed by atoms with Crippen molar-refractivity contribution in [3.05, 3.63) is 35.9 Å². The van der Waals surface area contributed by atoms with Gasteiger partial charge in [0.15, 0.2) is 0 Å². The van der Waals surface area contributed by atoms with Gasteiger partial charge in [0.1, 0.15) is 0 Å². The summed E-state index contributed by atoms with van der Waals surface area (Å²) in [5, 5.41) is 11.6. The molecule has 0 bridgehead atoms. The Balaban J connectivity index is 1.83. The number of nitrogens with one attached hydrogen (secondary N) is 1. The van der Waals surface area contributed by atoms with Gasteiger partial charge in [-0.05, 0) is 24.8 Å². The van der Waals surface area contributed by atoms with Crippen molar-refractivity contribution < 1.29 is 19.5 Å². The topological polar surface area (TPSA) is 90.0 Å². The lowest BCUT2D eigenvalue weighted by molar-refractivity contribution is -0.137. The molecule has 0 radical (unpaired) electrons. The van der Waals surface area contributed by atoms with Gasteiger partial charge < -0.3 is 20.2 Å². The number of piperidine rings is 1. The molecule has 7 heteroatoms. The number of carboxylic acid groups (broad SMARTS) is 1. The first-order valence-corrected chi connectivity index (χ1v) is 9.49. The Morgan fingerprint density at radius 1 is 1.22 bits per heavy atom. The lowest BCUT2D eigenvalue weighted by Gasteiger charge is -2.35. The largest absolute Gasteiger partial charge is 0.481 e. The van der Waals surface area contributed by atoms with Crippen LogP contribution in [-0.2, 0) is 9.59 Å². The summed E-state index contributed by atoms with van der Waals surface area (Å²) in [5.74, 6) is -0.906. The quantitative estimate of drug-likeness (QED) is 0.765. The second-order valence-corrected chi connectivity index (χ2v) is 6.99. The summed E-state index contributed by atoms with van der Waals surface area (Å²) < 4.78 is 0. The van der Waals surface area contributed by atoms with Gasteiger partial charge in [-0.25, -0.2) is 4.79 Å². The summed E-state index contributed by atoms with van der Waals surface area (Å²) in [6.45, 7) is 3.43. The second-order valence-electron chi connectivity index (χ2n) is 6.99. The van der Waals surface area contributed by atoms with Crippen LogP contribution in [-0.4, -0.2) is 65.5 Å². The molecule has 0 saturated carbocycles. The maximum Gasteiger partial charge on any atom is 0.317 e. The van der Waals surface area contributed by atoms with Crippen LogP contribution in [0.25, 0.3) is 0 Å². The Kier molecular flexibility index (Phi) is 7.64. The molecule has 1 aliphatic heterocycles. The number of hydrogen-bond acceptors (Lipinski definition) is 3. The highest BCUT2D eigenvalue weighted by molar-refractivity contribution is 5.84. The van der Waals surface area contributed by atoms with E-state index in [1.807, 2.05) is 42.2 Å². The zero-order valence-electron chi connectivity index (χ0n) is 16.1. The fourth-order valence-corrected chi connectivity index (χ4v) is 3.35. The molecule has 1 unspecified atom stereocenters. The smallest absolute Gasteiger partial charge is 0.317 e. The zero-order chi connectivity index (χ0) is 19.8. The molecule has 2 N–H and O–H groups in total. The van der Waals surface area contributed by atoms with Gasteiger partial charge in [-0.2, -0.15) is 0 Å². The van der Waals surface area contributed by atoms with Crippen LogP contribution in [0.5, 0.6) is 0 Å². The van der Waals surface area contributed by atoms with Crippen molar-refractivity contribution in [3.8, 4) is 0 Å². The average Bonchev–Trinajstić information content (AvgIpc) is 2.68. The molecule has 1 atom stereocenters. The monoisotopic (exact) mass is 375 g/mol. The van der Waals surface area contributed by atoms with Crippen LogP contribution in [0.15, 0.2) is 30.3 Å². The molecule has 0 spiro atoms. The van der Waals surface area contributed by atoms with Crippen molar-refractivity contribution in [1.82, 2.24) is 15.1 Å². The minimum atomic E-state index is -0.926. The normalized spacial score (nSPS) is 15.9. The first-order chi connectivity index (χ1) is 12.9. The number of carbonyl (C=O) groups excluding carboxylic acids is 2. The van der Waals surface area contributed by atoms with Crippen molar-refractivity contribution in [1.29, 1.82) is 0 Å². The van der Waals surface area contributed by atoms with E-state index in [1.165, 1.54) is 4.90 Å². The maximum absolute atomic E-state index is 12.9. The predicted molar refractivity (Wildman–Crippen MR) is 102 cm³/mol. The zero-order valence-corrected chi connectivity index (χ0v) is 16.1. The molecular formula is C20H29N3O4. The number of benzene rings is 1. The fourth-order valence-electron chi connectivity index (χ4n) is 3.35. The molecule has 1 fully saturated rings. The summed E-state index contributed by atoms with van der Waals surface area (Å²) in [5.41, 5.74) is 1.04. The number of hydrogen-bond donors (Lipinski definition) is 2. The van der Waals surface area contributed by atoms with E-state index >= 15 is 0 Å². The predicted octanol–water partition coefficient (Wildman–Crippen LogP) is 2.29. The number of nitrogens with zero attached hydrogens (tertiary/aromatic N) is 2. The van der Waals surface area contributed by atoms with Gasteiger partial charge in [0.05, 0.1) is 12.3 Å². The van der Waals surface area contributed by atoms with E-state index in [1.54, 1.807) is 7.05 Å². The van der Waals surface area contributed by atoms with E-state index in [0.29, 0.717) is 25.9 Å². The highest BCUT2D eigenvalue weighted by atomic mass is 16.4. The molecule has 1 aromatic rings. The van der Waals surface area contributed by atoms with E-state index in [0.717, 1.165) is 12.0 Å². The van der Waals surface area contributed by atoms with E-state index in [-0.39, 0.29) is 36.9 Å². The Morgan fingerprint density at radius 3 is 2.41 bits per heavy atom. The molecule has 1 heterocycles. The molecule has 0 aromatic heterocycles. The van der Waals surface area contributed by atoms with Crippen molar-refractivity contribution in [3.63, 3.8) is 0 Å². The van der Waals surface area contributed by atoms with Gasteiger partial charge in [-0.1, -0.05) is 37.3 Å². The van der Waals surface area contributed by atoms with Crippen LogP contribution in [0.1, 0.15) is 44.1 Å². The highest BCUT2D eigenvalue weighted by Crippen LogP contribution is 2.24. The number of amides is 3. The lowest BCUT2D eigenvalue weighted by Crippen LogP contribution is -2.50. The summed E-state index contributed by atoms with van der Waals surface area (Å²) in [6.07, 6.45) is 2.09. The number of rotatable bonds is 7. The van der Waals surface area contributed by atoms with E-state index in [2.05, 4.69) is 5.32 Å². The second kappa shape index (κ2) is 9.94. The maximum atomic E-state index is 12.9. The van der Waals surface area contributed by atoms with Crippen LogP contribution in [0, 0.1) is 0 Å². The Labute approximate surface area is 160 Å². The number of carbonyl (C=O) groups is 3.